The number of sulfonamides is 1. The van der Waals surface area contributed by atoms with Gasteiger partial charge in [-0.2, -0.15) is 0 Å². The van der Waals surface area contributed by atoms with E-state index in [4.69, 9.17) is 0 Å². The molecule has 5 nitrogen and oxygen atoms in total. The summed E-state index contributed by atoms with van der Waals surface area (Å²) in [6.07, 6.45) is 0. The molecular formula is C8H9Br2NO4S2. The average molecular weight is 407 g/mol. The van der Waals surface area contributed by atoms with Crippen molar-refractivity contribution in [1.82, 2.24) is 4.72 Å². The molecule has 0 fully saturated rings. The van der Waals surface area contributed by atoms with Gasteiger partial charge in [-0.15, -0.1) is 11.3 Å². The van der Waals surface area contributed by atoms with E-state index in [0.717, 1.165) is 11.3 Å². The lowest BCUT2D eigenvalue weighted by Crippen LogP contribution is -2.33. The van der Waals surface area contributed by atoms with Gasteiger partial charge in [0.2, 0.25) is 0 Å². The number of hydrogen-bond acceptors (Lipinski definition) is 5. The smallest absolute Gasteiger partial charge is 0.320 e. The number of carbonyl (C=O) groups excluding carboxylic acids is 1. The Bertz CT molecular complexity index is 499. The third-order valence-corrected chi connectivity index (χ3v) is 6.53. The van der Waals surface area contributed by atoms with E-state index in [2.05, 4.69) is 41.3 Å². The van der Waals surface area contributed by atoms with Gasteiger partial charge in [0.05, 0.1) is 7.11 Å². The summed E-state index contributed by atoms with van der Waals surface area (Å²) in [6, 6.07) is 1.64. The molecule has 0 saturated carbocycles. The maximum atomic E-state index is 11.8. The van der Waals surface area contributed by atoms with Crippen LogP contribution < -0.4 is 4.72 Å². The molecular weight excluding hydrogens is 398 g/mol. The molecule has 0 aromatic carbocycles. The molecule has 17 heavy (non-hydrogen) atoms. The second kappa shape index (κ2) is 6.28. The predicted octanol–water partition coefficient (Wildman–Crippen LogP) is 1.73. The van der Waals surface area contributed by atoms with Crippen LogP contribution in [0.5, 0.6) is 0 Å². The first-order chi connectivity index (χ1) is 7.88. The number of methoxy groups -OCH3 is 1. The van der Waals surface area contributed by atoms with Gasteiger partial charge in [0.1, 0.15) is 9.04 Å². The molecule has 0 bridgehead atoms. The largest absolute Gasteiger partial charge is 0.468 e. The highest BCUT2D eigenvalue weighted by Gasteiger charge is 2.22. The molecule has 1 rings (SSSR count). The number of thiophene rings is 1. The molecule has 0 aliphatic heterocycles. The van der Waals surface area contributed by atoms with Crippen LogP contribution in [0, 0.1) is 0 Å². The Labute approximate surface area is 120 Å². The Balaban J connectivity index is 2.70. The molecule has 1 aromatic rings. The van der Waals surface area contributed by atoms with Crippen LogP contribution in [0.3, 0.4) is 0 Å². The zero-order valence-electron chi connectivity index (χ0n) is 8.64. The molecule has 1 heterocycles. The summed E-state index contributed by atoms with van der Waals surface area (Å²) in [6.45, 7) is -0.0701. The Morgan fingerprint density at radius 3 is 2.76 bits per heavy atom. The monoisotopic (exact) mass is 405 g/mol. The summed E-state index contributed by atoms with van der Waals surface area (Å²) >= 11 is 7.26. The normalized spacial score (nSPS) is 13.4. The van der Waals surface area contributed by atoms with Crippen LogP contribution in [0.15, 0.2) is 20.1 Å². The van der Waals surface area contributed by atoms with Gasteiger partial charge in [-0.05, 0) is 27.4 Å². The fourth-order valence-electron chi connectivity index (χ4n) is 0.931. The lowest BCUT2D eigenvalue weighted by Gasteiger charge is -2.09. The Hall–Kier alpha value is 0.0400. The van der Waals surface area contributed by atoms with E-state index in [1.165, 1.54) is 7.11 Å². The number of nitrogens with one attached hydrogen (secondary N) is 1. The van der Waals surface area contributed by atoms with Crippen molar-refractivity contribution in [3.05, 3.63) is 15.9 Å². The van der Waals surface area contributed by atoms with Crippen molar-refractivity contribution >= 4 is 59.2 Å². The Morgan fingerprint density at radius 1 is 1.65 bits per heavy atom. The first-order valence-electron chi connectivity index (χ1n) is 4.33. The zero-order chi connectivity index (χ0) is 13.1. The van der Waals surface area contributed by atoms with Crippen molar-refractivity contribution in [2.75, 3.05) is 13.7 Å². The quantitative estimate of drug-likeness (QED) is 0.596. The second-order valence-corrected chi connectivity index (χ2v) is 7.74. The summed E-state index contributed by atoms with van der Waals surface area (Å²) in [4.78, 5) is 10.4. The summed E-state index contributed by atoms with van der Waals surface area (Å²) in [5, 5.41) is 1.66. The predicted molar refractivity (Wildman–Crippen MR) is 71.9 cm³/mol. The van der Waals surface area contributed by atoms with Crippen molar-refractivity contribution in [2.24, 2.45) is 0 Å². The SMILES string of the molecule is COC(=O)C(Br)CNS(=O)(=O)c1sccc1Br. The summed E-state index contributed by atoms with van der Waals surface area (Å²) in [7, 11) is -2.36. The van der Waals surface area contributed by atoms with Crippen LogP contribution in [0.2, 0.25) is 0 Å². The first kappa shape index (κ1) is 15.1. The third-order valence-electron chi connectivity index (χ3n) is 1.74. The fourth-order valence-corrected chi connectivity index (χ4v) is 4.92. The van der Waals surface area contributed by atoms with Gasteiger partial charge in [0.15, 0.2) is 0 Å². The molecule has 0 spiro atoms. The minimum absolute atomic E-state index is 0.0701. The number of carbonyl (C=O) groups is 1. The molecule has 9 heteroatoms. The molecule has 96 valence electrons. The van der Waals surface area contributed by atoms with Gasteiger partial charge in [-0.25, -0.2) is 13.1 Å². The van der Waals surface area contributed by atoms with Crippen molar-refractivity contribution in [3.63, 3.8) is 0 Å². The van der Waals surface area contributed by atoms with Gasteiger partial charge >= 0.3 is 5.97 Å². The van der Waals surface area contributed by atoms with Crippen LogP contribution in [0.25, 0.3) is 0 Å². The number of alkyl halides is 1. The molecule has 0 saturated heterocycles. The van der Waals surface area contributed by atoms with Gasteiger partial charge < -0.3 is 4.74 Å². The molecule has 1 unspecified atom stereocenters. The van der Waals surface area contributed by atoms with E-state index in [0.29, 0.717) is 4.47 Å². The van der Waals surface area contributed by atoms with Crippen molar-refractivity contribution < 1.29 is 17.9 Å². The molecule has 1 atom stereocenters. The zero-order valence-corrected chi connectivity index (χ0v) is 13.4. The van der Waals surface area contributed by atoms with Gasteiger partial charge in [0, 0.05) is 11.0 Å². The Morgan fingerprint density at radius 2 is 2.29 bits per heavy atom. The van der Waals surface area contributed by atoms with E-state index < -0.39 is 20.8 Å². The standard InChI is InChI=1S/C8H9Br2NO4S2/c1-15-7(12)6(10)4-11-17(13,14)8-5(9)2-3-16-8/h2-3,6,11H,4H2,1H3. The second-order valence-electron chi connectivity index (χ2n) is 2.90. The van der Waals surface area contributed by atoms with Crippen LogP contribution in [0.1, 0.15) is 0 Å². The van der Waals surface area contributed by atoms with Crippen molar-refractivity contribution in [1.29, 1.82) is 0 Å². The summed E-state index contributed by atoms with van der Waals surface area (Å²) in [5.41, 5.74) is 0. The van der Waals surface area contributed by atoms with Crippen molar-refractivity contribution in [2.45, 2.75) is 9.04 Å². The molecule has 0 aliphatic carbocycles. The lowest BCUT2D eigenvalue weighted by molar-refractivity contribution is -0.139. The minimum Gasteiger partial charge on any atom is -0.468 e. The minimum atomic E-state index is -3.60. The van der Waals surface area contributed by atoms with Gasteiger partial charge in [-0.1, -0.05) is 15.9 Å². The number of halogens is 2. The lowest BCUT2D eigenvalue weighted by atomic mass is 10.4. The van der Waals surface area contributed by atoms with Crippen LogP contribution >= 0.6 is 43.2 Å². The van der Waals surface area contributed by atoms with Crippen LogP contribution in [-0.2, 0) is 19.6 Å². The highest BCUT2D eigenvalue weighted by molar-refractivity contribution is 9.10. The molecule has 0 radical (unpaired) electrons. The van der Waals surface area contributed by atoms with E-state index in [1.807, 2.05) is 0 Å². The molecule has 0 amide bonds. The highest BCUT2D eigenvalue weighted by Crippen LogP contribution is 2.27. The van der Waals surface area contributed by atoms with Crippen molar-refractivity contribution in [3.8, 4) is 0 Å². The highest BCUT2D eigenvalue weighted by atomic mass is 79.9. The number of hydrogen-bond donors (Lipinski definition) is 1. The molecule has 0 aliphatic rings. The van der Waals surface area contributed by atoms with E-state index in [1.54, 1.807) is 11.4 Å². The first-order valence-corrected chi connectivity index (χ1v) is 8.40. The maximum Gasteiger partial charge on any atom is 0.320 e. The molecule has 1 aromatic heterocycles. The van der Waals surface area contributed by atoms with Gasteiger partial charge in [0.25, 0.3) is 10.0 Å². The summed E-state index contributed by atoms with van der Waals surface area (Å²) < 4.78 is 31.1. The van der Waals surface area contributed by atoms with Gasteiger partial charge in [-0.3, -0.25) is 4.79 Å². The van der Waals surface area contributed by atoms with Crippen LogP contribution in [-0.4, -0.2) is 32.9 Å². The fraction of sp³-hybridized carbons (Fsp3) is 0.375. The molecule has 1 N–H and O–H groups in total. The number of esters is 1. The van der Waals surface area contributed by atoms with Crippen LogP contribution in [0.4, 0.5) is 0 Å². The van der Waals surface area contributed by atoms with E-state index in [-0.39, 0.29) is 10.8 Å². The number of ether oxygens (including phenoxy) is 1. The van der Waals surface area contributed by atoms with E-state index >= 15 is 0 Å². The maximum absolute atomic E-state index is 11.8. The summed E-state index contributed by atoms with van der Waals surface area (Å²) in [5.74, 6) is -0.530. The topological polar surface area (TPSA) is 72.5 Å². The third kappa shape index (κ3) is 4.02. The number of rotatable bonds is 5. The average Bonchev–Trinajstić information content (AvgIpc) is 2.72. The Kier molecular flexibility index (Phi) is 5.58. The van der Waals surface area contributed by atoms with E-state index in [9.17, 15) is 13.2 Å².